The zero-order chi connectivity index (χ0) is 26.9. The molecule has 0 fully saturated rings. The topological polar surface area (TPSA) is 17.8 Å². The fraction of sp³-hybridized carbons (Fsp3) is 0. The molecule has 2 nitrogen and oxygen atoms in total. The van der Waals surface area contributed by atoms with Crippen LogP contribution in [0, 0.1) is 0 Å². The van der Waals surface area contributed by atoms with Crippen LogP contribution in [-0.2, 0) is 0 Å². The Balaban J connectivity index is 1.24. The third-order valence-corrected chi connectivity index (χ3v) is 8.67. The van der Waals surface area contributed by atoms with E-state index in [2.05, 4.69) is 143 Å². The largest absolute Gasteiger partial charge is 0.309 e. The molecule has 0 saturated carbocycles. The highest BCUT2D eigenvalue weighted by Crippen LogP contribution is 2.42. The van der Waals surface area contributed by atoms with E-state index in [0.29, 0.717) is 0 Å². The number of rotatable bonds is 3. The molecule has 2 aromatic heterocycles. The second-order valence-electron chi connectivity index (χ2n) is 10.8. The summed E-state index contributed by atoms with van der Waals surface area (Å²) in [6, 6.07) is 48.8. The Morgan fingerprint density at radius 1 is 0.390 bits per heavy atom. The maximum Gasteiger partial charge on any atom is 0.0541 e. The van der Waals surface area contributed by atoms with E-state index in [4.69, 9.17) is 0 Å². The number of hydrogen-bond acceptors (Lipinski definition) is 1. The molecule has 0 aliphatic heterocycles. The van der Waals surface area contributed by atoms with Gasteiger partial charge >= 0.3 is 0 Å². The minimum absolute atomic E-state index is 1.17. The smallest absolute Gasteiger partial charge is 0.0541 e. The van der Waals surface area contributed by atoms with Gasteiger partial charge in [0.15, 0.2) is 0 Å². The molecule has 2 heteroatoms. The Kier molecular flexibility index (Phi) is 4.64. The zero-order valence-electron chi connectivity index (χ0n) is 22.3. The van der Waals surface area contributed by atoms with E-state index in [0.717, 1.165) is 0 Å². The Labute approximate surface area is 237 Å². The first-order chi connectivity index (χ1) is 20.3. The highest BCUT2D eigenvalue weighted by atomic mass is 15.0. The average Bonchev–Trinajstić information content (AvgIpc) is 3.38. The number of para-hydroxylation sites is 2. The lowest BCUT2D eigenvalue weighted by atomic mass is 9.87. The van der Waals surface area contributed by atoms with Gasteiger partial charge in [0, 0.05) is 28.9 Å². The molecule has 0 saturated heterocycles. The van der Waals surface area contributed by atoms with Crippen molar-refractivity contribution >= 4 is 54.1 Å². The van der Waals surface area contributed by atoms with Crippen LogP contribution in [0.3, 0.4) is 0 Å². The molecule has 9 aromatic rings. The first-order valence-electron chi connectivity index (χ1n) is 14.1. The molecule has 2 heterocycles. The van der Waals surface area contributed by atoms with Crippen molar-refractivity contribution in [1.29, 1.82) is 0 Å². The molecule has 0 N–H and O–H groups in total. The molecule has 0 aliphatic carbocycles. The number of aromatic nitrogens is 2. The Hall–Kier alpha value is -5.47. The quantitative estimate of drug-likeness (QED) is 0.212. The van der Waals surface area contributed by atoms with Crippen molar-refractivity contribution in [1.82, 2.24) is 9.55 Å². The van der Waals surface area contributed by atoms with Crippen molar-refractivity contribution in [2.45, 2.75) is 0 Å². The summed E-state index contributed by atoms with van der Waals surface area (Å²) in [5, 5.41) is 10.3. The molecular formula is C39H24N2. The number of fused-ring (bicyclic) bond motifs is 3. The minimum atomic E-state index is 1.17. The van der Waals surface area contributed by atoms with Gasteiger partial charge in [-0.3, -0.25) is 4.98 Å². The number of pyridine rings is 1. The van der Waals surface area contributed by atoms with Crippen LogP contribution >= 0.6 is 0 Å². The number of hydrogen-bond donors (Lipinski definition) is 0. The molecule has 0 bridgehead atoms. The Bertz CT molecular complexity index is 2340. The number of nitrogens with zero attached hydrogens (tertiary/aromatic N) is 2. The standard InChI is InChI=1S/C39H24N2/c1-3-7-36-32(5-1)33-6-2-4-8-37(33)41(36)29-15-9-25(10-16-29)30-17-11-27-14-20-35-31(26-21-23-40-24-22-26)18-12-28-13-19-34(30)38(27)39(28)35/h1-24H. The SMILES string of the molecule is c1ccc2c(c1)c1ccccc1n2-c1ccc(-c2ccc3ccc4c(-c5ccncc5)ccc5ccc2c3c54)cc1. The van der Waals surface area contributed by atoms with Gasteiger partial charge in [-0.2, -0.15) is 0 Å². The van der Waals surface area contributed by atoms with Crippen molar-refractivity contribution in [3.05, 3.63) is 146 Å². The molecule has 9 rings (SSSR count). The van der Waals surface area contributed by atoms with Crippen molar-refractivity contribution in [3.63, 3.8) is 0 Å². The lowest BCUT2D eigenvalue weighted by Gasteiger charge is -2.17. The molecule has 0 spiro atoms. The minimum Gasteiger partial charge on any atom is -0.309 e. The van der Waals surface area contributed by atoms with Crippen LogP contribution in [0.15, 0.2) is 146 Å². The van der Waals surface area contributed by atoms with E-state index < -0.39 is 0 Å². The molecule has 0 amide bonds. The van der Waals surface area contributed by atoms with E-state index in [1.165, 1.54) is 82.1 Å². The first-order valence-corrected chi connectivity index (χ1v) is 14.1. The van der Waals surface area contributed by atoms with Gasteiger partial charge in [-0.25, -0.2) is 0 Å². The van der Waals surface area contributed by atoms with Gasteiger partial charge in [-0.1, -0.05) is 97.1 Å². The van der Waals surface area contributed by atoms with Gasteiger partial charge in [0.25, 0.3) is 0 Å². The van der Waals surface area contributed by atoms with Gasteiger partial charge in [0.1, 0.15) is 0 Å². The summed E-state index contributed by atoms with van der Waals surface area (Å²) in [6.45, 7) is 0. The maximum atomic E-state index is 4.23. The van der Waals surface area contributed by atoms with Gasteiger partial charge in [0.2, 0.25) is 0 Å². The van der Waals surface area contributed by atoms with E-state index in [1.807, 2.05) is 12.4 Å². The summed E-state index contributed by atoms with van der Waals surface area (Å²) in [6.07, 6.45) is 3.74. The fourth-order valence-corrected chi connectivity index (χ4v) is 6.83. The summed E-state index contributed by atoms with van der Waals surface area (Å²) < 4.78 is 2.37. The average molecular weight is 521 g/mol. The van der Waals surface area contributed by atoms with Gasteiger partial charge < -0.3 is 4.57 Å². The van der Waals surface area contributed by atoms with E-state index in [9.17, 15) is 0 Å². The van der Waals surface area contributed by atoms with E-state index in [-0.39, 0.29) is 0 Å². The third kappa shape index (κ3) is 3.22. The fourth-order valence-electron chi connectivity index (χ4n) is 6.83. The summed E-state index contributed by atoms with van der Waals surface area (Å²) in [7, 11) is 0. The van der Waals surface area contributed by atoms with E-state index >= 15 is 0 Å². The number of benzene rings is 7. The van der Waals surface area contributed by atoms with Crippen LogP contribution < -0.4 is 0 Å². The van der Waals surface area contributed by atoms with Crippen molar-refractivity contribution in [3.8, 4) is 27.9 Å². The lowest BCUT2D eigenvalue weighted by molar-refractivity contribution is 1.18. The molecule has 190 valence electrons. The second kappa shape index (κ2) is 8.51. The highest BCUT2D eigenvalue weighted by Gasteiger charge is 2.16. The van der Waals surface area contributed by atoms with Gasteiger partial charge in [-0.15, -0.1) is 0 Å². The van der Waals surface area contributed by atoms with Crippen molar-refractivity contribution < 1.29 is 0 Å². The van der Waals surface area contributed by atoms with Crippen LogP contribution in [0.5, 0.6) is 0 Å². The molecular weight excluding hydrogens is 496 g/mol. The molecule has 41 heavy (non-hydrogen) atoms. The first kappa shape index (κ1) is 22.4. The molecule has 0 radical (unpaired) electrons. The predicted octanol–water partition coefficient (Wildman–Crippen LogP) is 10.4. The molecule has 0 atom stereocenters. The normalized spacial score (nSPS) is 11.9. The molecule has 0 aliphatic rings. The van der Waals surface area contributed by atoms with Crippen LogP contribution in [0.4, 0.5) is 0 Å². The Morgan fingerprint density at radius 3 is 1.44 bits per heavy atom. The second-order valence-corrected chi connectivity index (χ2v) is 10.8. The van der Waals surface area contributed by atoms with Gasteiger partial charge in [-0.05, 0) is 91.0 Å². The lowest BCUT2D eigenvalue weighted by Crippen LogP contribution is -1.94. The molecule has 0 unspecified atom stereocenters. The zero-order valence-corrected chi connectivity index (χ0v) is 22.3. The van der Waals surface area contributed by atoms with Crippen LogP contribution in [0.2, 0.25) is 0 Å². The van der Waals surface area contributed by atoms with Crippen LogP contribution in [0.1, 0.15) is 0 Å². The summed E-state index contributed by atoms with van der Waals surface area (Å²) in [5.74, 6) is 0. The molecule has 7 aromatic carbocycles. The third-order valence-electron chi connectivity index (χ3n) is 8.67. The summed E-state index contributed by atoms with van der Waals surface area (Å²) >= 11 is 0. The van der Waals surface area contributed by atoms with E-state index in [1.54, 1.807) is 0 Å². The van der Waals surface area contributed by atoms with Gasteiger partial charge in [0.05, 0.1) is 11.0 Å². The van der Waals surface area contributed by atoms with Crippen LogP contribution in [0.25, 0.3) is 82.1 Å². The summed E-state index contributed by atoms with van der Waals surface area (Å²) in [4.78, 5) is 4.23. The van der Waals surface area contributed by atoms with Crippen molar-refractivity contribution in [2.75, 3.05) is 0 Å². The summed E-state index contributed by atoms with van der Waals surface area (Å²) in [5.41, 5.74) is 8.56. The highest BCUT2D eigenvalue weighted by molar-refractivity contribution is 6.27. The maximum absolute atomic E-state index is 4.23. The Morgan fingerprint density at radius 2 is 0.878 bits per heavy atom. The van der Waals surface area contributed by atoms with Crippen LogP contribution in [-0.4, -0.2) is 9.55 Å². The van der Waals surface area contributed by atoms with Crippen molar-refractivity contribution in [2.24, 2.45) is 0 Å². The monoisotopic (exact) mass is 520 g/mol. The predicted molar refractivity (Wildman–Crippen MR) is 173 cm³/mol.